The molecule has 1 N–H and O–H groups in total. The fraction of sp³-hybridized carbons (Fsp3) is 0.364. The van der Waals surface area contributed by atoms with Gasteiger partial charge in [-0.15, -0.1) is 0 Å². The molecule has 0 radical (unpaired) electrons. The van der Waals surface area contributed by atoms with E-state index < -0.39 is 6.10 Å². The number of ether oxygens (including phenoxy) is 1. The van der Waals surface area contributed by atoms with E-state index in [0.29, 0.717) is 17.8 Å². The number of esters is 1. The van der Waals surface area contributed by atoms with Gasteiger partial charge in [-0.2, -0.15) is 0 Å². The molecule has 0 unspecified atom stereocenters. The van der Waals surface area contributed by atoms with E-state index in [1.807, 2.05) is 13.0 Å². The first-order valence-electron chi connectivity index (χ1n) is 4.57. The predicted molar refractivity (Wildman–Crippen MR) is 53.4 cm³/mol. The summed E-state index contributed by atoms with van der Waals surface area (Å²) in [5.74, 6) is 0.172. The molecule has 1 aliphatic heterocycles. The molecule has 0 amide bonds. The Morgan fingerprint density at radius 3 is 2.93 bits per heavy atom. The first-order valence-corrected chi connectivity index (χ1v) is 4.57. The second-order valence-electron chi connectivity index (χ2n) is 3.21. The monoisotopic (exact) mass is 194 g/mol. The van der Waals surface area contributed by atoms with Crippen molar-refractivity contribution < 1.29 is 14.6 Å². The maximum absolute atomic E-state index is 11.2. The van der Waals surface area contributed by atoms with Crippen LogP contribution in [0, 0.1) is 0 Å². The Morgan fingerprint density at radius 2 is 2.36 bits per heavy atom. The molecular formula is C11H14O3. The Labute approximate surface area is 83.4 Å². The van der Waals surface area contributed by atoms with Crippen molar-refractivity contribution in [2.24, 2.45) is 0 Å². The molecule has 0 aromatic carbocycles. The molecule has 0 bridgehead atoms. The van der Waals surface area contributed by atoms with Crippen LogP contribution < -0.4 is 0 Å². The molecule has 0 aromatic rings. The molecule has 0 aromatic heterocycles. The largest absolute Gasteiger partial charge is 0.423 e. The van der Waals surface area contributed by atoms with Crippen LogP contribution in [0.5, 0.6) is 0 Å². The molecule has 76 valence electrons. The fourth-order valence-corrected chi connectivity index (χ4v) is 1.17. The maximum atomic E-state index is 11.2. The summed E-state index contributed by atoms with van der Waals surface area (Å²) < 4.78 is 4.94. The Balaban J connectivity index is 2.72. The minimum Gasteiger partial charge on any atom is -0.423 e. The van der Waals surface area contributed by atoms with Gasteiger partial charge in [0.1, 0.15) is 5.76 Å². The molecule has 1 aliphatic rings. The smallest absolute Gasteiger partial charge is 0.339 e. The van der Waals surface area contributed by atoms with Gasteiger partial charge in [-0.25, -0.2) is 4.79 Å². The minimum absolute atomic E-state index is 0.339. The lowest BCUT2D eigenvalue weighted by Crippen LogP contribution is -2.06. The topological polar surface area (TPSA) is 46.5 Å². The van der Waals surface area contributed by atoms with Gasteiger partial charge >= 0.3 is 5.97 Å². The summed E-state index contributed by atoms with van der Waals surface area (Å²) in [6.07, 6.45) is 6.84. The van der Waals surface area contributed by atoms with Gasteiger partial charge in [-0.1, -0.05) is 12.2 Å². The van der Waals surface area contributed by atoms with E-state index in [1.54, 1.807) is 25.2 Å². The van der Waals surface area contributed by atoms with E-state index in [0.717, 1.165) is 0 Å². The number of carbonyl (C=O) groups excluding carboxylic acids is 1. The van der Waals surface area contributed by atoms with Crippen molar-refractivity contribution in [3.63, 3.8) is 0 Å². The molecule has 14 heavy (non-hydrogen) atoms. The Kier molecular flexibility index (Phi) is 3.65. The highest BCUT2D eigenvalue weighted by Gasteiger charge is 2.21. The van der Waals surface area contributed by atoms with E-state index in [2.05, 4.69) is 0 Å². The van der Waals surface area contributed by atoms with Gasteiger partial charge in [0.05, 0.1) is 6.10 Å². The molecule has 1 heterocycles. The van der Waals surface area contributed by atoms with Gasteiger partial charge in [0.2, 0.25) is 0 Å². The summed E-state index contributed by atoms with van der Waals surface area (Å²) in [6, 6.07) is 0. The Hall–Kier alpha value is -1.35. The summed E-state index contributed by atoms with van der Waals surface area (Å²) in [6.45, 7) is 3.52. The molecule has 1 atom stereocenters. The molecule has 0 fully saturated rings. The standard InChI is InChI=1S/C11H14O3/c1-3-4-5-10-7-9(6-8(2)12)11(13)14-10/h3-5,7-8,12H,6H2,1-2H3/b4-3+,10-5-/t8-/m0/s1. The molecular weight excluding hydrogens is 180 g/mol. The number of aliphatic hydroxyl groups excluding tert-OH is 1. The molecule has 1 rings (SSSR count). The van der Waals surface area contributed by atoms with Crippen LogP contribution in [0.4, 0.5) is 0 Å². The first kappa shape index (κ1) is 10.7. The Morgan fingerprint density at radius 1 is 1.64 bits per heavy atom. The average molecular weight is 194 g/mol. The SMILES string of the molecule is C/C=C/C=C1/C=C(C[C@H](C)O)C(=O)O1. The highest BCUT2D eigenvalue weighted by molar-refractivity contribution is 5.92. The maximum Gasteiger partial charge on any atom is 0.339 e. The fourth-order valence-electron chi connectivity index (χ4n) is 1.17. The summed E-state index contributed by atoms with van der Waals surface area (Å²) >= 11 is 0. The quantitative estimate of drug-likeness (QED) is 0.695. The lowest BCUT2D eigenvalue weighted by Gasteiger charge is -2.00. The summed E-state index contributed by atoms with van der Waals surface area (Å²) in [5.41, 5.74) is 0.524. The number of hydrogen-bond donors (Lipinski definition) is 1. The van der Waals surface area contributed by atoms with E-state index in [-0.39, 0.29) is 5.97 Å². The van der Waals surface area contributed by atoms with Crippen molar-refractivity contribution in [1.82, 2.24) is 0 Å². The number of allylic oxidation sites excluding steroid dienone is 4. The minimum atomic E-state index is -0.519. The van der Waals surface area contributed by atoms with Crippen LogP contribution in [0.25, 0.3) is 0 Å². The van der Waals surface area contributed by atoms with Crippen LogP contribution in [0.2, 0.25) is 0 Å². The summed E-state index contributed by atoms with van der Waals surface area (Å²) in [4.78, 5) is 11.2. The van der Waals surface area contributed by atoms with Gasteiger partial charge in [0.15, 0.2) is 0 Å². The Bertz CT molecular complexity index is 308. The molecule has 0 spiro atoms. The van der Waals surface area contributed by atoms with Crippen LogP contribution in [-0.4, -0.2) is 17.2 Å². The van der Waals surface area contributed by atoms with E-state index >= 15 is 0 Å². The molecule has 3 nitrogen and oxygen atoms in total. The second-order valence-corrected chi connectivity index (χ2v) is 3.21. The molecule has 3 heteroatoms. The number of rotatable bonds is 3. The normalized spacial score (nSPS) is 21.5. The van der Waals surface area contributed by atoms with Crippen LogP contribution >= 0.6 is 0 Å². The number of hydrogen-bond acceptors (Lipinski definition) is 3. The lowest BCUT2D eigenvalue weighted by atomic mass is 10.1. The number of carbonyl (C=O) groups is 1. The predicted octanol–water partition coefficient (Wildman–Crippen LogP) is 1.70. The van der Waals surface area contributed by atoms with Gasteiger partial charge in [0.25, 0.3) is 0 Å². The van der Waals surface area contributed by atoms with Gasteiger partial charge in [-0.05, 0) is 26.0 Å². The molecule has 0 saturated carbocycles. The van der Waals surface area contributed by atoms with Crippen molar-refractivity contribution in [3.8, 4) is 0 Å². The molecule has 0 saturated heterocycles. The van der Waals surface area contributed by atoms with Crippen molar-refractivity contribution in [1.29, 1.82) is 0 Å². The second kappa shape index (κ2) is 4.77. The van der Waals surface area contributed by atoms with Crippen molar-refractivity contribution in [3.05, 3.63) is 35.6 Å². The zero-order valence-electron chi connectivity index (χ0n) is 8.36. The van der Waals surface area contributed by atoms with E-state index in [9.17, 15) is 4.79 Å². The van der Waals surface area contributed by atoms with Gasteiger partial charge in [0, 0.05) is 12.0 Å². The van der Waals surface area contributed by atoms with Crippen molar-refractivity contribution in [2.45, 2.75) is 26.4 Å². The first-order chi connectivity index (χ1) is 6.63. The zero-order valence-corrected chi connectivity index (χ0v) is 8.36. The average Bonchev–Trinajstić information content (AvgIpc) is 2.43. The van der Waals surface area contributed by atoms with Crippen molar-refractivity contribution in [2.75, 3.05) is 0 Å². The third-order valence-electron chi connectivity index (χ3n) is 1.76. The highest BCUT2D eigenvalue weighted by atomic mass is 16.5. The number of aliphatic hydroxyl groups is 1. The third kappa shape index (κ3) is 2.85. The van der Waals surface area contributed by atoms with Crippen LogP contribution in [-0.2, 0) is 9.53 Å². The molecule has 0 aliphatic carbocycles. The van der Waals surface area contributed by atoms with E-state index in [1.165, 1.54) is 0 Å². The third-order valence-corrected chi connectivity index (χ3v) is 1.76. The summed E-state index contributed by atoms with van der Waals surface area (Å²) in [5, 5.41) is 9.11. The van der Waals surface area contributed by atoms with Crippen molar-refractivity contribution >= 4 is 5.97 Å². The van der Waals surface area contributed by atoms with Crippen LogP contribution in [0.3, 0.4) is 0 Å². The lowest BCUT2D eigenvalue weighted by molar-refractivity contribution is -0.133. The number of cyclic esters (lactones) is 1. The highest BCUT2D eigenvalue weighted by Crippen LogP contribution is 2.20. The van der Waals surface area contributed by atoms with Gasteiger partial charge < -0.3 is 9.84 Å². The van der Waals surface area contributed by atoms with E-state index in [4.69, 9.17) is 9.84 Å². The van der Waals surface area contributed by atoms with Crippen LogP contribution in [0.15, 0.2) is 35.6 Å². The van der Waals surface area contributed by atoms with Gasteiger partial charge in [-0.3, -0.25) is 0 Å². The summed E-state index contributed by atoms with van der Waals surface area (Å²) in [7, 11) is 0. The van der Waals surface area contributed by atoms with Crippen LogP contribution in [0.1, 0.15) is 20.3 Å². The zero-order chi connectivity index (χ0) is 10.6.